The third-order valence-electron chi connectivity index (χ3n) is 4.52. The Morgan fingerprint density at radius 3 is 2.44 bits per heavy atom. The Morgan fingerprint density at radius 2 is 1.78 bits per heavy atom. The van der Waals surface area contributed by atoms with Crippen molar-refractivity contribution in [3.8, 4) is 0 Å². The second-order valence-electron chi connectivity index (χ2n) is 6.69. The van der Waals surface area contributed by atoms with Crippen molar-refractivity contribution in [3.63, 3.8) is 0 Å². The minimum atomic E-state index is -0.0357. The van der Waals surface area contributed by atoms with E-state index in [-0.39, 0.29) is 18.0 Å². The van der Waals surface area contributed by atoms with Gasteiger partial charge in [-0.05, 0) is 43.5 Å². The van der Waals surface area contributed by atoms with Crippen LogP contribution in [0.5, 0.6) is 0 Å². The molecule has 0 bridgehead atoms. The third-order valence-corrected chi connectivity index (χ3v) is 4.52. The molecule has 0 spiro atoms. The molecule has 27 heavy (non-hydrogen) atoms. The van der Waals surface area contributed by atoms with Crippen molar-refractivity contribution in [1.82, 2.24) is 16.0 Å². The van der Waals surface area contributed by atoms with Crippen molar-refractivity contribution in [3.05, 3.63) is 71.3 Å². The van der Waals surface area contributed by atoms with Crippen molar-refractivity contribution >= 4 is 11.9 Å². The van der Waals surface area contributed by atoms with Crippen molar-refractivity contribution in [2.75, 3.05) is 7.05 Å². The summed E-state index contributed by atoms with van der Waals surface area (Å²) in [6.45, 7) is 6.75. The van der Waals surface area contributed by atoms with Gasteiger partial charge in [-0.2, -0.15) is 0 Å². The minimum absolute atomic E-state index is 0.0357. The van der Waals surface area contributed by atoms with E-state index in [1.165, 1.54) is 5.56 Å². The molecule has 2 unspecified atom stereocenters. The van der Waals surface area contributed by atoms with Gasteiger partial charge in [-0.25, -0.2) is 0 Å². The summed E-state index contributed by atoms with van der Waals surface area (Å²) in [6, 6.07) is 18.2. The van der Waals surface area contributed by atoms with Gasteiger partial charge in [-0.1, -0.05) is 49.4 Å². The summed E-state index contributed by atoms with van der Waals surface area (Å²) < 4.78 is 0. The number of hydrogen-bond donors (Lipinski definition) is 3. The molecule has 0 saturated heterocycles. The second kappa shape index (κ2) is 10.4. The summed E-state index contributed by atoms with van der Waals surface area (Å²) in [5, 5.41) is 9.69. The standard InChI is InChI=1S/C22H30N4O/c1-5-16(2)25-21(27)20-13-9-10-18(14-20)15-24-22(23-4)26-17(3)19-11-7-6-8-12-19/h6-14,16-17H,5,15H2,1-4H3,(H,25,27)(H2,23,24,26). The van der Waals surface area contributed by atoms with Gasteiger partial charge >= 0.3 is 0 Å². The van der Waals surface area contributed by atoms with E-state index in [1.807, 2.05) is 49.4 Å². The monoisotopic (exact) mass is 366 g/mol. The lowest BCUT2D eigenvalue weighted by Crippen LogP contribution is -2.38. The van der Waals surface area contributed by atoms with Crippen LogP contribution in [-0.4, -0.2) is 25.0 Å². The zero-order valence-electron chi connectivity index (χ0n) is 16.6. The average molecular weight is 367 g/mol. The maximum atomic E-state index is 12.3. The highest BCUT2D eigenvalue weighted by molar-refractivity contribution is 5.94. The molecule has 2 aromatic carbocycles. The van der Waals surface area contributed by atoms with Gasteiger partial charge in [0.05, 0.1) is 6.04 Å². The SMILES string of the molecule is CCC(C)NC(=O)c1cccc(CNC(=NC)NC(C)c2ccccc2)c1. The Morgan fingerprint density at radius 1 is 1.04 bits per heavy atom. The number of aliphatic imine (C=N–C) groups is 1. The normalized spacial score (nSPS) is 13.6. The van der Waals surface area contributed by atoms with E-state index in [9.17, 15) is 4.79 Å². The molecule has 0 fully saturated rings. The molecule has 0 heterocycles. The molecule has 2 aromatic rings. The molecule has 0 aliphatic carbocycles. The van der Waals surface area contributed by atoms with E-state index in [4.69, 9.17) is 0 Å². The summed E-state index contributed by atoms with van der Waals surface area (Å²) in [5.41, 5.74) is 2.90. The third kappa shape index (κ3) is 6.44. The van der Waals surface area contributed by atoms with Crippen LogP contribution in [0, 0.1) is 0 Å². The van der Waals surface area contributed by atoms with Gasteiger partial charge in [0.2, 0.25) is 0 Å². The Bertz CT molecular complexity index is 758. The summed E-state index contributed by atoms with van der Waals surface area (Å²) in [6.07, 6.45) is 0.911. The number of nitrogens with one attached hydrogen (secondary N) is 3. The molecule has 0 aliphatic heterocycles. The molecule has 0 aliphatic rings. The van der Waals surface area contributed by atoms with Crippen LogP contribution in [0.4, 0.5) is 0 Å². The quantitative estimate of drug-likeness (QED) is 0.518. The number of carbonyl (C=O) groups is 1. The van der Waals surface area contributed by atoms with Gasteiger partial charge < -0.3 is 16.0 Å². The molecular formula is C22H30N4O. The van der Waals surface area contributed by atoms with Crippen LogP contribution in [0.25, 0.3) is 0 Å². The van der Waals surface area contributed by atoms with Crippen LogP contribution in [0.15, 0.2) is 59.6 Å². The lowest BCUT2D eigenvalue weighted by Gasteiger charge is -2.18. The Kier molecular flexibility index (Phi) is 7.86. The topological polar surface area (TPSA) is 65.5 Å². The van der Waals surface area contributed by atoms with Crippen LogP contribution < -0.4 is 16.0 Å². The lowest BCUT2D eigenvalue weighted by molar-refractivity contribution is 0.0939. The predicted octanol–water partition coefficient (Wildman–Crippen LogP) is 3.64. The first kappa shape index (κ1) is 20.5. The summed E-state index contributed by atoms with van der Waals surface area (Å²) in [4.78, 5) is 16.6. The van der Waals surface area contributed by atoms with Gasteiger partial charge in [-0.3, -0.25) is 9.79 Å². The predicted molar refractivity (Wildman–Crippen MR) is 112 cm³/mol. The van der Waals surface area contributed by atoms with E-state index in [2.05, 4.69) is 46.9 Å². The van der Waals surface area contributed by atoms with E-state index in [0.717, 1.165) is 17.9 Å². The number of amides is 1. The molecule has 1 amide bonds. The second-order valence-corrected chi connectivity index (χ2v) is 6.69. The fourth-order valence-electron chi connectivity index (χ4n) is 2.64. The van der Waals surface area contributed by atoms with Crippen molar-refractivity contribution in [2.24, 2.45) is 4.99 Å². The number of nitrogens with zero attached hydrogens (tertiary/aromatic N) is 1. The van der Waals surface area contributed by atoms with E-state index in [1.54, 1.807) is 7.05 Å². The average Bonchev–Trinajstić information content (AvgIpc) is 2.71. The molecule has 2 atom stereocenters. The molecule has 0 radical (unpaired) electrons. The van der Waals surface area contributed by atoms with Crippen molar-refractivity contribution in [1.29, 1.82) is 0 Å². The van der Waals surface area contributed by atoms with Gasteiger partial charge in [0, 0.05) is 25.2 Å². The van der Waals surface area contributed by atoms with Gasteiger partial charge in [-0.15, -0.1) is 0 Å². The zero-order chi connectivity index (χ0) is 19.6. The van der Waals surface area contributed by atoms with E-state index in [0.29, 0.717) is 12.1 Å². The highest BCUT2D eigenvalue weighted by atomic mass is 16.1. The molecular weight excluding hydrogens is 336 g/mol. The minimum Gasteiger partial charge on any atom is -0.352 e. The van der Waals surface area contributed by atoms with Gasteiger partial charge in [0.15, 0.2) is 5.96 Å². The van der Waals surface area contributed by atoms with E-state index >= 15 is 0 Å². The summed E-state index contributed by atoms with van der Waals surface area (Å²) in [7, 11) is 1.75. The molecule has 2 rings (SSSR count). The zero-order valence-corrected chi connectivity index (χ0v) is 16.6. The Balaban J connectivity index is 1.94. The molecule has 0 saturated carbocycles. The van der Waals surface area contributed by atoms with Gasteiger partial charge in [0.1, 0.15) is 0 Å². The molecule has 3 N–H and O–H groups in total. The largest absolute Gasteiger partial charge is 0.352 e. The number of rotatable bonds is 7. The maximum absolute atomic E-state index is 12.3. The molecule has 0 aromatic heterocycles. The fourth-order valence-corrected chi connectivity index (χ4v) is 2.64. The number of hydrogen-bond acceptors (Lipinski definition) is 2. The molecule has 5 heteroatoms. The van der Waals surface area contributed by atoms with Crippen molar-refractivity contribution in [2.45, 2.75) is 45.8 Å². The van der Waals surface area contributed by atoms with Gasteiger partial charge in [0.25, 0.3) is 5.91 Å². The number of guanidine groups is 1. The van der Waals surface area contributed by atoms with E-state index < -0.39 is 0 Å². The fraction of sp³-hybridized carbons (Fsp3) is 0.364. The first-order valence-electron chi connectivity index (χ1n) is 9.45. The number of carbonyl (C=O) groups excluding carboxylic acids is 1. The summed E-state index contributed by atoms with van der Waals surface area (Å²) in [5.74, 6) is 0.687. The smallest absolute Gasteiger partial charge is 0.251 e. The van der Waals surface area contributed by atoms with Crippen LogP contribution in [0.1, 0.15) is 54.7 Å². The lowest BCUT2D eigenvalue weighted by atomic mass is 10.1. The first-order chi connectivity index (χ1) is 13.0. The van der Waals surface area contributed by atoms with Crippen LogP contribution in [-0.2, 0) is 6.54 Å². The maximum Gasteiger partial charge on any atom is 0.251 e. The van der Waals surface area contributed by atoms with Crippen LogP contribution in [0.2, 0.25) is 0 Å². The first-order valence-corrected chi connectivity index (χ1v) is 9.45. The Labute approximate surface area is 162 Å². The van der Waals surface area contributed by atoms with Crippen LogP contribution >= 0.6 is 0 Å². The molecule has 5 nitrogen and oxygen atoms in total. The highest BCUT2D eigenvalue weighted by Gasteiger charge is 2.10. The van der Waals surface area contributed by atoms with Crippen molar-refractivity contribution < 1.29 is 4.79 Å². The summed E-state index contributed by atoms with van der Waals surface area (Å²) >= 11 is 0. The Hall–Kier alpha value is -2.82. The highest BCUT2D eigenvalue weighted by Crippen LogP contribution is 2.11. The molecule has 144 valence electrons. The number of benzene rings is 2. The van der Waals surface area contributed by atoms with Crippen LogP contribution in [0.3, 0.4) is 0 Å².